The third-order valence-corrected chi connectivity index (χ3v) is 5.82. The van der Waals surface area contributed by atoms with Crippen molar-refractivity contribution in [2.45, 2.75) is 19.8 Å². The van der Waals surface area contributed by atoms with E-state index in [1.807, 2.05) is 24.3 Å². The van der Waals surface area contributed by atoms with Crippen LogP contribution < -0.4 is 15.1 Å². The Morgan fingerprint density at radius 1 is 0.897 bits per heavy atom. The topological polar surface area (TPSA) is 55.9 Å². The molecule has 2 aromatic carbocycles. The first-order valence-corrected chi connectivity index (χ1v) is 10.4. The first-order chi connectivity index (χ1) is 14.1. The number of carbonyl (C=O) groups excluding carboxylic acids is 2. The number of piperazine rings is 1. The Kier molecular flexibility index (Phi) is 5.81. The highest BCUT2D eigenvalue weighted by atomic mass is 16.2. The molecule has 2 saturated heterocycles. The van der Waals surface area contributed by atoms with Gasteiger partial charge in [0, 0.05) is 61.8 Å². The monoisotopic (exact) mass is 392 g/mol. The van der Waals surface area contributed by atoms with Crippen molar-refractivity contribution in [1.29, 1.82) is 0 Å². The molecule has 2 aromatic rings. The van der Waals surface area contributed by atoms with E-state index in [-0.39, 0.29) is 11.8 Å². The highest BCUT2D eigenvalue weighted by Crippen LogP contribution is 2.23. The lowest BCUT2D eigenvalue weighted by molar-refractivity contribution is -0.117. The van der Waals surface area contributed by atoms with Gasteiger partial charge in [0.15, 0.2) is 0 Å². The number of amides is 2. The zero-order chi connectivity index (χ0) is 20.2. The molecule has 0 radical (unpaired) electrons. The van der Waals surface area contributed by atoms with Crippen molar-refractivity contribution in [3.63, 3.8) is 0 Å². The number of anilines is 3. The molecule has 2 aliphatic heterocycles. The number of hydrogen-bond donors (Lipinski definition) is 1. The maximum atomic E-state index is 12.6. The van der Waals surface area contributed by atoms with Crippen LogP contribution in [0.2, 0.25) is 0 Å². The third-order valence-electron chi connectivity index (χ3n) is 5.82. The van der Waals surface area contributed by atoms with E-state index in [0.717, 1.165) is 57.1 Å². The van der Waals surface area contributed by atoms with E-state index in [2.05, 4.69) is 34.2 Å². The largest absolute Gasteiger partial charge is 0.369 e. The summed E-state index contributed by atoms with van der Waals surface area (Å²) in [5.41, 5.74) is 3.42. The summed E-state index contributed by atoms with van der Waals surface area (Å²) in [5, 5.41) is 2.96. The Balaban J connectivity index is 1.35. The third kappa shape index (κ3) is 4.43. The number of carbonyl (C=O) groups is 2. The smallest absolute Gasteiger partial charge is 0.255 e. The van der Waals surface area contributed by atoms with Crippen LogP contribution in [0.5, 0.6) is 0 Å². The van der Waals surface area contributed by atoms with E-state index < -0.39 is 0 Å². The van der Waals surface area contributed by atoms with E-state index in [9.17, 15) is 9.59 Å². The lowest BCUT2D eigenvalue weighted by Crippen LogP contribution is -2.46. The first kappa shape index (κ1) is 19.5. The molecule has 0 aliphatic carbocycles. The molecule has 29 heavy (non-hydrogen) atoms. The molecule has 2 heterocycles. The Labute approximate surface area is 172 Å². The van der Waals surface area contributed by atoms with Gasteiger partial charge in [-0.2, -0.15) is 0 Å². The van der Waals surface area contributed by atoms with Crippen LogP contribution in [0.4, 0.5) is 17.1 Å². The fourth-order valence-corrected chi connectivity index (χ4v) is 4.00. The molecule has 6 nitrogen and oxygen atoms in total. The highest BCUT2D eigenvalue weighted by Gasteiger charge is 2.21. The maximum Gasteiger partial charge on any atom is 0.255 e. The van der Waals surface area contributed by atoms with Crippen LogP contribution in [-0.2, 0) is 4.79 Å². The van der Waals surface area contributed by atoms with Crippen LogP contribution in [0.3, 0.4) is 0 Å². The summed E-state index contributed by atoms with van der Waals surface area (Å²) >= 11 is 0. The van der Waals surface area contributed by atoms with Crippen molar-refractivity contribution in [3.8, 4) is 0 Å². The Hall–Kier alpha value is -2.86. The van der Waals surface area contributed by atoms with E-state index in [1.54, 1.807) is 17.0 Å². The van der Waals surface area contributed by atoms with Crippen molar-refractivity contribution in [2.75, 3.05) is 54.4 Å². The molecule has 0 saturated carbocycles. The summed E-state index contributed by atoms with van der Waals surface area (Å²) in [6.45, 7) is 8.31. The molecule has 0 unspecified atom stereocenters. The normalized spacial score (nSPS) is 17.6. The predicted molar refractivity (Wildman–Crippen MR) is 117 cm³/mol. The number of nitrogens with zero attached hydrogens (tertiary/aromatic N) is 3. The fraction of sp³-hybridized carbons (Fsp3) is 0.391. The fourth-order valence-electron chi connectivity index (χ4n) is 4.00. The van der Waals surface area contributed by atoms with Gasteiger partial charge in [0.1, 0.15) is 0 Å². The standard InChI is InChI=1S/C23H28N4O2/c1-2-25-14-16-26(17-15-25)20-11-7-19(8-12-20)24-23(29)18-5-9-21(10-6-18)27-13-3-4-22(27)28/h5-12H,2-4,13-17H2,1H3,(H,24,29). The molecule has 1 N–H and O–H groups in total. The summed E-state index contributed by atoms with van der Waals surface area (Å²) in [6, 6.07) is 15.3. The van der Waals surface area contributed by atoms with Crippen LogP contribution in [0.25, 0.3) is 0 Å². The van der Waals surface area contributed by atoms with E-state index in [4.69, 9.17) is 0 Å². The summed E-state index contributed by atoms with van der Waals surface area (Å²) in [7, 11) is 0. The van der Waals surface area contributed by atoms with Gasteiger partial charge in [-0.3, -0.25) is 9.59 Å². The second-order valence-electron chi connectivity index (χ2n) is 7.62. The summed E-state index contributed by atoms with van der Waals surface area (Å²) in [4.78, 5) is 31.0. The van der Waals surface area contributed by atoms with Crippen molar-refractivity contribution in [3.05, 3.63) is 54.1 Å². The van der Waals surface area contributed by atoms with Gasteiger partial charge in [0.25, 0.3) is 5.91 Å². The van der Waals surface area contributed by atoms with Gasteiger partial charge in [0.05, 0.1) is 0 Å². The van der Waals surface area contributed by atoms with Gasteiger partial charge in [0.2, 0.25) is 5.91 Å². The number of hydrogen-bond acceptors (Lipinski definition) is 4. The zero-order valence-corrected chi connectivity index (χ0v) is 16.9. The molecule has 0 aromatic heterocycles. The molecule has 0 atom stereocenters. The molecule has 152 valence electrons. The quantitative estimate of drug-likeness (QED) is 0.849. The van der Waals surface area contributed by atoms with Gasteiger partial charge < -0.3 is 20.0 Å². The minimum atomic E-state index is -0.145. The van der Waals surface area contributed by atoms with Crippen molar-refractivity contribution in [2.24, 2.45) is 0 Å². The summed E-state index contributed by atoms with van der Waals surface area (Å²) in [5.74, 6) is 0.00649. The Bertz CT molecular complexity index is 855. The number of likely N-dealkylation sites (N-methyl/N-ethyl adjacent to an activating group) is 1. The minimum Gasteiger partial charge on any atom is -0.369 e. The van der Waals surface area contributed by atoms with E-state index in [0.29, 0.717) is 12.0 Å². The van der Waals surface area contributed by atoms with Gasteiger partial charge >= 0.3 is 0 Å². The van der Waals surface area contributed by atoms with E-state index in [1.165, 1.54) is 5.69 Å². The zero-order valence-electron chi connectivity index (χ0n) is 16.9. The molecule has 0 spiro atoms. The van der Waals surface area contributed by atoms with E-state index >= 15 is 0 Å². The van der Waals surface area contributed by atoms with Crippen molar-refractivity contribution in [1.82, 2.24) is 4.90 Å². The summed E-state index contributed by atoms with van der Waals surface area (Å²) < 4.78 is 0. The van der Waals surface area contributed by atoms with Gasteiger partial charge in [-0.15, -0.1) is 0 Å². The van der Waals surface area contributed by atoms with Gasteiger partial charge in [-0.1, -0.05) is 6.92 Å². The lowest BCUT2D eigenvalue weighted by atomic mass is 10.1. The maximum absolute atomic E-state index is 12.6. The highest BCUT2D eigenvalue weighted by molar-refractivity contribution is 6.05. The van der Waals surface area contributed by atoms with Crippen LogP contribution >= 0.6 is 0 Å². The second kappa shape index (κ2) is 8.66. The molecule has 4 rings (SSSR count). The minimum absolute atomic E-state index is 0.145. The predicted octanol–water partition coefficient (Wildman–Crippen LogP) is 3.21. The average Bonchev–Trinajstić information content (AvgIpc) is 3.20. The Morgan fingerprint density at radius 2 is 1.55 bits per heavy atom. The second-order valence-corrected chi connectivity index (χ2v) is 7.62. The molecule has 6 heteroatoms. The number of nitrogens with one attached hydrogen (secondary N) is 1. The van der Waals surface area contributed by atoms with Crippen molar-refractivity contribution >= 4 is 28.9 Å². The van der Waals surface area contributed by atoms with Crippen molar-refractivity contribution < 1.29 is 9.59 Å². The molecule has 2 aliphatic rings. The molecule has 2 fully saturated rings. The Morgan fingerprint density at radius 3 is 2.14 bits per heavy atom. The van der Waals surface area contributed by atoms with Crippen LogP contribution in [-0.4, -0.2) is 56.0 Å². The first-order valence-electron chi connectivity index (χ1n) is 10.4. The molecular formula is C23H28N4O2. The van der Waals surface area contributed by atoms with Crippen LogP contribution in [0, 0.1) is 0 Å². The molecule has 2 amide bonds. The molecular weight excluding hydrogens is 364 g/mol. The van der Waals surface area contributed by atoms with Crippen LogP contribution in [0.1, 0.15) is 30.1 Å². The van der Waals surface area contributed by atoms with Gasteiger partial charge in [-0.25, -0.2) is 0 Å². The average molecular weight is 393 g/mol. The lowest BCUT2D eigenvalue weighted by Gasteiger charge is -2.35. The molecule has 0 bridgehead atoms. The number of benzene rings is 2. The van der Waals surface area contributed by atoms with Crippen LogP contribution in [0.15, 0.2) is 48.5 Å². The van der Waals surface area contributed by atoms with Gasteiger partial charge in [-0.05, 0) is 61.5 Å². The number of rotatable bonds is 5. The summed E-state index contributed by atoms with van der Waals surface area (Å²) in [6.07, 6.45) is 1.50. The SMILES string of the molecule is CCN1CCN(c2ccc(NC(=O)c3ccc(N4CCCC4=O)cc3)cc2)CC1.